The molecule has 142 valence electrons. The Labute approximate surface area is 178 Å². The maximum Gasteiger partial charge on any atom is 0.296 e. The Kier molecular flexibility index (Phi) is 4.26. The van der Waals surface area contributed by atoms with Crippen LogP contribution in [0.25, 0.3) is 11.0 Å². The van der Waals surface area contributed by atoms with Gasteiger partial charge in [0, 0.05) is 10.7 Å². The van der Waals surface area contributed by atoms with Crippen LogP contribution in [0.3, 0.4) is 0 Å². The second kappa shape index (κ2) is 6.83. The number of anilines is 1. The van der Waals surface area contributed by atoms with Gasteiger partial charge in [-0.15, -0.1) is 0 Å². The monoisotopic (exact) mass is 466 g/mol. The Balaban J connectivity index is 1.81. The van der Waals surface area contributed by atoms with Crippen molar-refractivity contribution >= 4 is 50.2 Å². The van der Waals surface area contributed by atoms with Crippen LogP contribution in [-0.2, 0) is 0 Å². The highest BCUT2D eigenvalue weighted by molar-refractivity contribution is 9.10. The van der Waals surface area contributed by atoms with Gasteiger partial charge in [-0.25, -0.2) is 4.98 Å². The number of pyridine rings is 1. The van der Waals surface area contributed by atoms with E-state index in [0.717, 1.165) is 10.0 Å². The number of para-hydroxylation sites is 1. The summed E-state index contributed by atoms with van der Waals surface area (Å²) in [6, 6.07) is 17.1. The van der Waals surface area contributed by atoms with Crippen LogP contribution in [0.5, 0.6) is 0 Å². The van der Waals surface area contributed by atoms with Crippen LogP contribution < -0.4 is 10.3 Å². The summed E-state index contributed by atoms with van der Waals surface area (Å²) in [4.78, 5) is 32.5. The number of benzene rings is 2. The van der Waals surface area contributed by atoms with Crippen LogP contribution in [0.1, 0.15) is 27.7 Å². The first kappa shape index (κ1) is 18.1. The third-order valence-corrected chi connectivity index (χ3v) is 5.67. The number of carbonyl (C=O) groups is 1. The molecule has 2 aromatic heterocycles. The summed E-state index contributed by atoms with van der Waals surface area (Å²) in [5.41, 5.74) is 1.25. The smallest absolute Gasteiger partial charge is 0.296 e. The van der Waals surface area contributed by atoms with Crippen LogP contribution in [0.15, 0.2) is 80.5 Å². The Morgan fingerprint density at radius 2 is 1.76 bits per heavy atom. The van der Waals surface area contributed by atoms with E-state index >= 15 is 0 Å². The average molecular weight is 468 g/mol. The predicted octanol–water partition coefficient (Wildman–Crippen LogP) is 5.35. The van der Waals surface area contributed by atoms with Crippen molar-refractivity contribution in [3.8, 4) is 0 Å². The molecule has 0 fully saturated rings. The molecule has 0 N–H and O–H groups in total. The van der Waals surface area contributed by atoms with Crippen molar-refractivity contribution in [1.29, 1.82) is 0 Å². The number of hydrogen-bond acceptors (Lipinski definition) is 4. The van der Waals surface area contributed by atoms with E-state index in [9.17, 15) is 9.59 Å². The van der Waals surface area contributed by atoms with Gasteiger partial charge < -0.3 is 4.42 Å². The molecule has 5 rings (SSSR count). The normalized spacial score (nSPS) is 15.7. The number of aromatic nitrogens is 1. The number of nitrogens with zero attached hydrogens (tertiary/aromatic N) is 2. The van der Waals surface area contributed by atoms with Crippen molar-refractivity contribution in [3.63, 3.8) is 0 Å². The van der Waals surface area contributed by atoms with Gasteiger partial charge in [0.25, 0.3) is 5.91 Å². The molecule has 4 aromatic rings. The highest BCUT2D eigenvalue weighted by Crippen LogP contribution is 2.40. The van der Waals surface area contributed by atoms with Gasteiger partial charge >= 0.3 is 0 Å². The number of rotatable bonds is 2. The van der Waals surface area contributed by atoms with Gasteiger partial charge in [0.05, 0.1) is 22.0 Å². The molecule has 1 amide bonds. The molecule has 0 saturated heterocycles. The van der Waals surface area contributed by atoms with Crippen molar-refractivity contribution in [2.45, 2.75) is 6.04 Å². The fourth-order valence-electron chi connectivity index (χ4n) is 3.63. The Morgan fingerprint density at radius 3 is 2.48 bits per heavy atom. The lowest BCUT2D eigenvalue weighted by atomic mass is 9.98. The second-order valence-electron chi connectivity index (χ2n) is 6.63. The molecule has 3 heterocycles. The Hall–Kier alpha value is -2.96. The highest BCUT2D eigenvalue weighted by atomic mass is 79.9. The first-order valence-electron chi connectivity index (χ1n) is 8.81. The second-order valence-corrected chi connectivity index (χ2v) is 7.99. The number of amides is 1. The zero-order valence-corrected chi connectivity index (χ0v) is 17.1. The molecule has 1 unspecified atom stereocenters. The van der Waals surface area contributed by atoms with Gasteiger partial charge in [0.2, 0.25) is 5.76 Å². The van der Waals surface area contributed by atoms with Crippen LogP contribution in [0.2, 0.25) is 5.02 Å². The summed E-state index contributed by atoms with van der Waals surface area (Å²) in [5, 5.41) is 0.894. The summed E-state index contributed by atoms with van der Waals surface area (Å²) < 4.78 is 6.79. The highest BCUT2D eigenvalue weighted by Gasteiger charge is 2.44. The minimum absolute atomic E-state index is 0.0402. The van der Waals surface area contributed by atoms with E-state index in [4.69, 9.17) is 16.0 Å². The molecule has 0 spiro atoms. The van der Waals surface area contributed by atoms with Crippen molar-refractivity contribution in [2.24, 2.45) is 0 Å². The lowest BCUT2D eigenvalue weighted by Crippen LogP contribution is -2.30. The Morgan fingerprint density at radius 1 is 1.00 bits per heavy atom. The van der Waals surface area contributed by atoms with Gasteiger partial charge in [-0.2, -0.15) is 0 Å². The summed E-state index contributed by atoms with van der Waals surface area (Å²) in [6.07, 6.45) is 1.47. The van der Waals surface area contributed by atoms with E-state index in [1.165, 1.54) is 11.1 Å². The maximum atomic E-state index is 13.4. The fourth-order valence-corrected chi connectivity index (χ4v) is 4.00. The predicted molar refractivity (Wildman–Crippen MR) is 115 cm³/mol. The van der Waals surface area contributed by atoms with Crippen LogP contribution in [0.4, 0.5) is 5.82 Å². The van der Waals surface area contributed by atoms with Gasteiger partial charge in [0.15, 0.2) is 5.43 Å². The van der Waals surface area contributed by atoms with Gasteiger partial charge in [0.1, 0.15) is 11.4 Å². The lowest BCUT2D eigenvalue weighted by molar-refractivity contribution is 0.0970. The number of carbonyl (C=O) groups excluding carboxylic acids is 1. The summed E-state index contributed by atoms with van der Waals surface area (Å²) in [5.74, 6) is 0.0196. The minimum Gasteiger partial charge on any atom is -0.450 e. The third-order valence-electron chi connectivity index (χ3n) is 4.92. The van der Waals surface area contributed by atoms with Crippen molar-refractivity contribution in [1.82, 2.24) is 4.98 Å². The summed E-state index contributed by atoms with van der Waals surface area (Å²) >= 11 is 9.40. The first-order valence-corrected chi connectivity index (χ1v) is 9.98. The molecule has 0 bridgehead atoms. The fraction of sp³-hybridized carbons (Fsp3) is 0.0455. The molecular weight excluding hydrogens is 456 g/mol. The molecule has 0 saturated carbocycles. The molecule has 1 aliphatic rings. The van der Waals surface area contributed by atoms with Crippen LogP contribution in [-0.4, -0.2) is 10.9 Å². The van der Waals surface area contributed by atoms with Crippen molar-refractivity contribution < 1.29 is 9.21 Å². The SMILES string of the molecule is O=C1c2oc3ccccc3c(=O)c2C(c2ccc(Br)cc2)N1c1ccc(Cl)cn1. The topological polar surface area (TPSA) is 63.4 Å². The Bertz CT molecular complexity index is 1320. The molecule has 0 aliphatic carbocycles. The molecule has 0 radical (unpaired) electrons. The number of fused-ring (bicyclic) bond motifs is 2. The molecular formula is C22H12BrClN2O3. The molecule has 1 aliphatic heterocycles. The summed E-state index contributed by atoms with van der Waals surface area (Å²) in [6.45, 7) is 0. The van der Waals surface area contributed by atoms with Crippen LogP contribution >= 0.6 is 27.5 Å². The molecule has 29 heavy (non-hydrogen) atoms. The van der Waals surface area contributed by atoms with Crippen LogP contribution in [0, 0.1) is 0 Å². The largest absolute Gasteiger partial charge is 0.450 e. The van der Waals surface area contributed by atoms with E-state index < -0.39 is 11.9 Å². The molecule has 2 aromatic carbocycles. The van der Waals surface area contributed by atoms with E-state index in [1.807, 2.05) is 24.3 Å². The third kappa shape index (κ3) is 2.87. The van der Waals surface area contributed by atoms with E-state index in [1.54, 1.807) is 36.4 Å². The minimum atomic E-state index is -0.653. The molecule has 1 atom stereocenters. The van der Waals surface area contributed by atoms with E-state index in [-0.39, 0.29) is 11.2 Å². The molecule has 5 nitrogen and oxygen atoms in total. The molecule has 7 heteroatoms. The van der Waals surface area contributed by atoms with Gasteiger partial charge in [-0.1, -0.05) is 51.8 Å². The number of hydrogen-bond donors (Lipinski definition) is 0. The first-order chi connectivity index (χ1) is 14.0. The zero-order chi connectivity index (χ0) is 20.1. The number of halogens is 2. The maximum absolute atomic E-state index is 13.4. The van der Waals surface area contributed by atoms with Gasteiger partial charge in [-0.3, -0.25) is 14.5 Å². The lowest BCUT2D eigenvalue weighted by Gasteiger charge is -2.24. The standard InChI is InChI=1S/C22H12BrClN2O3/c23-13-7-5-12(6-8-13)19-18-20(27)15-3-1-2-4-16(15)29-21(18)22(28)26(19)17-10-9-14(24)11-25-17/h1-11,19H. The average Bonchev–Trinajstić information content (AvgIpc) is 3.02. The zero-order valence-electron chi connectivity index (χ0n) is 14.8. The quantitative estimate of drug-likeness (QED) is 0.398. The van der Waals surface area contributed by atoms with Gasteiger partial charge in [-0.05, 0) is 42.0 Å². The van der Waals surface area contributed by atoms with E-state index in [0.29, 0.717) is 27.4 Å². The van der Waals surface area contributed by atoms with Crippen molar-refractivity contribution in [3.05, 3.63) is 103 Å². The van der Waals surface area contributed by atoms with E-state index in [2.05, 4.69) is 20.9 Å². The summed E-state index contributed by atoms with van der Waals surface area (Å²) in [7, 11) is 0. The van der Waals surface area contributed by atoms with Crippen molar-refractivity contribution in [2.75, 3.05) is 4.90 Å².